The SMILES string of the molecule is CCc1nc(NC(=O)[C@H]2CC(=O)Nc3cc(F)ccc32)sc1C. The number of amides is 2. The van der Waals surface area contributed by atoms with E-state index < -0.39 is 11.7 Å². The molecule has 2 amide bonds. The van der Waals surface area contributed by atoms with Crippen molar-refractivity contribution in [3.63, 3.8) is 0 Å². The Morgan fingerprint density at radius 2 is 2.30 bits per heavy atom. The molecule has 0 aliphatic carbocycles. The zero-order valence-corrected chi connectivity index (χ0v) is 13.6. The van der Waals surface area contributed by atoms with Crippen molar-refractivity contribution < 1.29 is 14.0 Å². The standard InChI is InChI=1S/C16H16FN3O2S/c1-3-12-8(2)23-16(19-12)20-15(22)11-7-14(21)18-13-6-9(17)4-5-10(11)13/h4-6,11H,3,7H2,1-2H3,(H,18,21)(H,19,20,22)/t11-/m0/s1. The second kappa shape index (κ2) is 6.08. The smallest absolute Gasteiger partial charge is 0.234 e. The van der Waals surface area contributed by atoms with Crippen LogP contribution in [0.3, 0.4) is 0 Å². The molecule has 1 aliphatic heterocycles. The second-order valence-electron chi connectivity index (χ2n) is 5.40. The van der Waals surface area contributed by atoms with E-state index in [1.165, 1.54) is 23.5 Å². The number of hydrogen-bond donors (Lipinski definition) is 2. The highest BCUT2D eigenvalue weighted by molar-refractivity contribution is 7.15. The monoisotopic (exact) mass is 333 g/mol. The molecule has 1 aromatic heterocycles. The van der Waals surface area contributed by atoms with E-state index in [1.807, 2.05) is 13.8 Å². The van der Waals surface area contributed by atoms with Gasteiger partial charge >= 0.3 is 0 Å². The molecule has 0 saturated heterocycles. The summed E-state index contributed by atoms with van der Waals surface area (Å²) in [6, 6.07) is 4.06. The van der Waals surface area contributed by atoms with E-state index in [1.54, 1.807) is 6.07 Å². The van der Waals surface area contributed by atoms with E-state index in [2.05, 4.69) is 15.6 Å². The van der Waals surface area contributed by atoms with E-state index in [9.17, 15) is 14.0 Å². The van der Waals surface area contributed by atoms with Crippen LogP contribution < -0.4 is 10.6 Å². The van der Waals surface area contributed by atoms with Crippen LogP contribution in [0.5, 0.6) is 0 Å². The van der Waals surface area contributed by atoms with Gasteiger partial charge in [-0.2, -0.15) is 0 Å². The molecule has 0 fully saturated rings. The first-order chi connectivity index (χ1) is 11.0. The number of nitrogens with one attached hydrogen (secondary N) is 2. The number of aryl methyl sites for hydroxylation is 2. The summed E-state index contributed by atoms with van der Waals surface area (Å²) in [6.07, 6.45) is 0.835. The summed E-state index contributed by atoms with van der Waals surface area (Å²) in [5, 5.41) is 5.90. The number of hydrogen-bond acceptors (Lipinski definition) is 4. The van der Waals surface area contributed by atoms with Gasteiger partial charge in [-0.3, -0.25) is 9.59 Å². The van der Waals surface area contributed by atoms with Crippen molar-refractivity contribution in [1.82, 2.24) is 4.98 Å². The Morgan fingerprint density at radius 1 is 1.52 bits per heavy atom. The van der Waals surface area contributed by atoms with Crippen molar-refractivity contribution in [2.75, 3.05) is 10.6 Å². The maximum absolute atomic E-state index is 13.3. The molecule has 23 heavy (non-hydrogen) atoms. The molecular formula is C16H16FN3O2S. The fourth-order valence-electron chi connectivity index (χ4n) is 2.67. The highest BCUT2D eigenvalue weighted by Crippen LogP contribution is 2.34. The average molecular weight is 333 g/mol. The van der Waals surface area contributed by atoms with Crippen LogP contribution in [0.2, 0.25) is 0 Å². The van der Waals surface area contributed by atoms with E-state index in [0.717, 1.165) is 17.0 Å². The molecule has 1 aromatic carbocycles. The number of thiazole rings is 1. The minimum Gasteiger partial charge on any atom is -0.326 e. The first-order valence-corrected chi connectivity index (χ1v) is 8.16. The van der Waals surface area contributed by atoms with Crippen molar-refractivity contribution in [2.45, 2.75) is 32.6 Å². The molecule has 120 valence electrons. The highest BCUT2D eigenvalue weighted by Gasteiger charge is 2.31. The second-order valence-corrected chi connectivity index (χ2v) is 6.60. The van der Waals surface area contributed by atoms with Gasteiger partial charge in [0.1, 0.15) is 5.82 Å². The fraction of sp³-hybridized carbons (Fsp3) is 0.312. The lowest BCUT2D eigenvalue weighted by molar-refractivity contribution is -0.123. The molecule has 7 heteroatoms. The summed E-state index contributed by atoms with van der Waals surface area (Å²) < 4.78 is 13.3. The molecule has 1 atom stereocenters. The summed E-state index contributed by atoms with van der Waals surface area (Å²) in [5.41, 5.74) is 1.92. The van der Waals surface area contributed by atoms with E-state index >= 15 is 0 Å². The summed E-state index contributed by atoms with van der Waals surface area (Å²) in [4.78, 5) is 29.8. The van der Waals surface area contributed by atoms with Gasteiger partial charge in [-0.1, -0.05) is 13.0 Å². The van der Waals surface area contributed by atoms with E-state index in [0.29, 0.717) is 16.4 Å². The lowest BCUT2D eigenvalue weighted by Crippen LogP contribution is -2.30. The number of nitrogens with zero attached hydrogens (tertiary/aromatic N) is 1. The number of aromatic nitrogens is 1. The third kappa shape index (κ3) is 3.10. The molecule has 5 nitrogen and oxygen atoms in total. The van der Waals surface area contributed by atoms with Crippen LogP contribution in [0.15, 0.2) is 18.2 Å². The molecule has 2 heterocycles. The number of carbonyl (C=O) groups excluding carboxylic acids is 2. The number of carbonyl (C=O) groups is 2. The van der Waals surface area contributed by atoms with Crippen molar-refractivity contribution in [2.24, 2.45) is 0 Å². The first kappa shape index (κ1) is 15.6. The summed E-state index contributed by atoms with van der Waals surface area (Å²) in [6.45, 7) is 3.96. The molecule has 1 aliphatic rings. The van der Waals surface area contributed by atoms with Gasteiger partial charge in [0, 0.05) is 17.0 Å². The number of benzene rings is 1. The lowest BCUT2D eigenvalue weighted by Gasteiger charge is -2.24. The molecule has 0 bridgehead atoms. The topological polar surface area (TPSA) is 71.1 Å². The zero-order chi connectivity index (χ0) is 16.6. The van der Waals surface area contributed by atoms with E-state index in [-0.39, 0.29) is 18.2 Å². The number of halogens is 1. The summed E-state index contributed by atoms with van der Waals surface area (Å²) in [5.74, 6) is -1.70. The van der Waals surface area contributed by atoms with Gasteiger partial charge in [0.05, 0.1) is 11.6 Å². The first-order valence-electron chi connectivity index (χ1n) is 7.34. The van der Waals surface area contributed by atoms with Crippen LogP contribution in [-0.2, 0) is 16.0 Å². The molecule has 0 unspecified atom stereocenters. The molecule has 3 rings (SSSR count). The molecule has 2 N–H and O–H groups in total. The Morgan fingerprint density at radius 3 is 3.00 bits per heavy atom. The van der Waals surface area contributed by atoms with Gasteiger partial charge in [0.2, 0.25) is 11.8 Å². The van der Waals surface area contributed by atoms with Crippen LogP contribution in [0.4, 0.5) is 15.2 Å². The maximum atomic E-state index is 13.3. The van der Waals surface area contributed by atoms with Crippen molar-refractivity contribution in [1.29, 1.82) is 0 Å². The predicted octanol–water partition coefficient (Wildman–Crippen LogP) is 3.22. The molecule has 0 spiro atoms. The Kier molecular flexibility index (Phi) is 4.12. The zero-order valence-electron chi connectivity index (χ0n) is 12.8. The Hall–Kier alpha value is -2.28. The molecule has 0 saturated carbocycles. The minimum absolute atomic E-state index is 0.0372. The van der Waals surface area contributed by atoms with E-state index in [4.69, 9.17) is 0 Å². The summed E-state index contributed by atoms with van der Waals surface area (Å²) in [7, 11) is 0. The largest absolute Gasteiger partial charge is 0.326 e. The number of rotatable bonds is 3. The minimum atomic E-state index is -0.645. The van der Waals surface area contributed by atoms with Gasteiger partial charge < -0.3 is 10.6 Å². The molecule has 2 aromatic rings. The third-order valence-corrected chi connectivity index (χ3v) is 4.76. The fourth-order valence-corrected chi connectivity index (χ4v) is 3.58. The Balaban J connectivity index is 1.86. The summed E-state index contributed by atoms with van der Waals surface area (Å²) >= 11 is 1.41. The van der Waals surface area contributed by atoms with Gasteiger partial charge in [-0.05, 0) is 31.0 Å². The van der Waals surface area contributed by atoms with Crippen LogP contribution in [0.25, 0.3) is 0 Å². The quantitative estimate of drug-likeness (QED) is 0.906. The maximum Gasteiger partial charge on any atom is 0.234 e. The number of anilines is 2. The van der Waals surface area contributed by atoms with Crippen LogP contribution in [0, 0.1) is 12.7 Å². The highest BCUT2D eigenvalue weighted by atomic mass is 32.1. The van der Waals surface area contributed by atoms with Gasteiger partial charge in [-0.15, -0.1) is 11.3 Å². The van der Waals surface area contributed by atoms with Crippen molar-refractivity contribution in [3.05, 3.63) is 40.2 Å². The lowest BCUT2D eigenvalue weighted by atomic mass is 9.90. The molecular weight excluding hydrogens is 317 g/mol. The van der Waals surface area contributed by atoms with Crippen LogP contribution in [-0.4, -0.2) is 16.8 Å². The molecule has 0 radical (unpaired) electrons. The predicted molar refractivity (Wildman–Crippen MR) is 87.2 cm³/mol. The van der Waals surface area contributed by atoms with Gasteiger partial charge in [-0.25, -0.2) is 9.37 Å². The van der Waals surface area contributed by atoms with Gasteiger partial charge in [0.15, 0.2) is 5.13 Å². The van der Waals surface area contributed by atoms with Crippen LogP contribution >= 0.6 is 11.3 Å². The number of fused-ring (bicyclic) bond motifs is 1. The van der Waals surface area contributed by atoms with Crippen LogP contribution in [0.1, 0.15) is 35.4 Å². The Labute approximate surface area is 136 Å². The normalized spacial score (nSPS) is 16.7. The van der Waals surface area contributed by atoms with Gasteiger partial charge in [0.25, 0.3) is 0 Å². The van der Waals surface area contributed by atoms with Crippen molar-refractivity contribution in [3.8, 4) is 0 Å². The van der Waals surface area contributed by atoms with Crippen molar-refractivity contribution >= 4 is 34.0 Å². The Bertz CT molecular complexity index is 788. The third-order valence-electron chi connectivity index (χ3n) is 3.83. The average Bonchev–Trinajstić information content (AvgIpc) is 2.85.